The minimum atomic E-state index is 0.252. The molecule has 3 rings (SSSR count). The van der Waals surface area contributed by atoms with Crippen LogP contribution in [-0.2, 0) is 17.6 Å². The van der Waals surface area contributed by atoms with E-state index in [1.807, 2.05) is 11.0 Å². The molecule has 1 fully saturated rings. The summed E-state index contributed by atoms with van der Waals surface area (Å²) in [5, 5.41) is 3.53. The lowest BCUT2D eigenvalue weighted by Crippen LogP contribution is -2.49. The molecule has 0 atom stereocenters. The number of anilines is 2. The lowest BCUT2D eigenvalue weighted by molar-refractivity contribution is -0.131. The van der Waals surface area contributed by atoms with E-state index in [-0.39, 0.29) is 5.91 Å². The van der Waals surface area contributed by atoms with Gasteiger partial charge in [-0.15, -0.1) is 0 Å². The van der Waals surface area contributed by atoms with Crippen LogP contribution in [0.25, 0.3) is 0 Å². The average molecular weight is 366 g/mol. The molecule has 4 nitrogen and oxygen atoms in total. The van der Waals surface area contributed by atoms with Crippen LogP contribution in [0.1, 0.15) is 31.4 Å². The van der Waals surface area contributed by atoms with Gasteiger partial charge >= 0.3 is 0 Å². The third-order valence-electron chi connectivity index (χ3n) is 5.39. The molecule has 1 aliphatic heterocycles. The highest BCUT2D eigenvalue weighted by atomic mass is 16.2. The maximum atomic E-state index is 12.6. The normalized spacial score (nSPS) is 14.3. The van der Waals surface area contributed by atoms with Crippen LogP contribution in [0.15, 0.2) is 48.5 Å². The van der Waals surface area contributed by atoms with Gasteiger partial charge < -0.3 is 15.1 Å². The first kappa shape index (κ1) is 19.3. The van der Waals surface area contributed by atoms with Crippen LogP contribution in [0.5, 0.6) is 0 Å². The molecule has 1 N–H and O–H groups in total. The van der Waals surface area contributed by atoms with Gasteiger partial charge in [0, 0.05) is 50.5 Å². The Balaban J connectivity index is 1.48. The van der Waals surface area contributed by atoms with Crippen LogP contribution in [0, 0.1) is 0 Å². The topological polar surface area (TPSA) is 35.6 Å². The van der Waals surface area contributed by atoms with Gasteiger partial charge in [0.2, 0.25) is 5.91 Å². The maximum Gasteiger partial charge on any atom is 0.224 e. The second-order valence-corrected chi connectivity index (χ2v) is 7.04. The molecule has 144 valence electrons. The molecule has 0 bridgehead atoms. The molecule has 4 heteroatoms. The molecular formula is C23H31N3O. The van der Waals surface area contributed by atoms with E-state index in [1.54, 1.807) is 0 Å². The Kier molecular flexibility index (Phi) is 6.74. The Hall–Kier alpha value is -2.49. The predicted molar refractivity (Wildman–Crippen MR) is 114 cm³/mol. The van der Waals surface area contributed by atoms with Crippen molar-refractivity contribution in [3.8, 4) is 0 Å². The van der Waals surface area contributed by atoms with Gasteiger partial charge in [0.05, 0.1) is 0 Å². The first-order valence-corrected chi connectivity index (χ1v) is 10.1. The fourth-order valence-electron chi connectivity index (χ4n) is 3.78. The molecule has 2 aromatic carbocycles. The van der Waals surface area contributed by atoms with Crippen LogP contribution in [0.3, 0.4) is 0 Å². The lowest BCUT2D eigenvalue weighted by atomic mass is 10.0. The van der Waals surface area contributed by atoms with E-state index in [2.05, 4.69) is 66.5 Å². The molecule has 1 saturated heterocycles. The van der Waals surface area contributed by atoms with Crippen LogP contribution in [-0.4, -0.2) is 43.5 Å². The number of amides is 1. The van der Waals surface area contributed by atoms with Crippen molar-refractivity contribution in [2.75, 3.05) is 42.9 Å². The highest BCUT2D eigenvalue weighted by molar-refractivity contribution is 5.77. The van der Waals surface area contributed by atoms with E-state index in [0.29, 0.717) is 13.0 Å². The predicted octanol–water partition coefficient (Wildman–Crippen LogP) is 3.96. The van der Waals surface area contributed by atoms with Gasteiger partial charge in [0.15, 0.2) is 0 Å². The molecule has 0 aliphatic carbocycles. The Labute approximate surface area is 163 Å². The summed E-state index contributed by atoms with van der Waals surface area (Å²) in [4.78, 5) is 17.0. The maximum absolute atomic E-state index is 12.6. The number of aryl methyl sites for hydroxylation is 2. The molecule has 1 heterocycles. The lowest BCUT2D eigenvalue weighted by Gasteiger charge is -2.36. The molecule has 0 spiro atoms. The summed E-state index contributed by atoms with van der Waals surface area (Å²) in [6.45, 7) is 8.47. The Bertz CT molecular complexity index is 714. The quantitative estimate of drug-likeness (QED) is 0.807. The van der Waals surface area contributed by atoms with Crippen molar-refractivity contribution >= 4 is 17.3 Å². The van der Waals surface area contributed by atoms with E-state index in [9.17, 15) is 4.79 Å². The molecule has 0 unspecified atom stereocenters. The van der Waals surface area contributed by atoms with Crippen LogP contribution < -0.4 is 10.2 Å². The second-order valence-electron chi connectivity index (χ2n) is 7.04. The van der Waals surface area contributed by atoms with Gasteiger partial charge in [-0.1, -0.05) is 50.2 Å². The number of nitrogens with one attached hydrogen (secondary N) is 1. The Morgan fingerprint density at radius 1 is 0.889 bits per heavy atom. The van der Waals surface area contributed by atoms with Crippen LogP contribution >= 0.6 is 0 Å². The highest BCUT2D eigenvalue weighted by Gasteiger charge is 2.21. The molecule has 0 aromatic heterocycles. The Morgan fingerprint density at radius 3 is 2.11 bits per heavy atom. The summed E-state index contributed by atoms with van der Waals surface area (Å²) < 4.78 is 0. The summed E-state index contributed by atoms with van der Waals surface area (Å²) >= 11 is 0. The zero-order valence-electron chi connectivity index (χ0n) is 16.6. The summed E-state index contributed by atoms with van der Waals surface area (Å²) in [5.74, 6) is 0.252. The SMILES string of the molecule is CCc1cccc(CC)c1NCCC(=O)N1CCN(c2ccccc2)CC1. The largest absolute Gasteiger partial charge is 0.384 e. The third kappa shape index (κ3) is 4.82. The van der Waals surface area contributed by atoms with Crippen LogP contribution in [0.4, 0.5) is 11.4 Å². The van der Waals surface area contributed by atoms with Gasteiger partial charge in [-0.25, -0.2) is 0 Å². The molecule has 27 heavy (non-hydrogen) atoms. The standard InChI is InChI=1S/C23H31N3O/c1-3-19-9-8-10-20(4-2)23(19)24-14-13-22(27)26-17-15-25(16-18-26)21-11-6-5-7-12-21/h5-12,24H,3-4,13-18H2,1-2H3. The zero-order chi connectivity index (χ0) is 19.1. The average Bonchev–Trinajstić information content (AvgIpc) is 2.74. The minimum absolute atomic E-state index is 0.252. The zero-order valence-corrected chi connectivity index (χ0v) is 16.6. The number of benzene rings is 2. The van der Waals surface area contributed by atoms with Crippen molar-refractivity contribution in [2.24, 2.45) is 0 Å². The van der Waals surface area contributed by atoms with Gasteiger partial charge in [-0.05, 0) is 36.1 Å². The number of hydrogen-bond donors (Lipinski definition) is 1. The number of para-hydroxylation sites is 2. The number of carbonyl (C=O) groups excluding carboxylic acids is 1. The van der Waals surface area contributed by atoms with E-state index in [4.69, 9.17) is 0 Å². The summed E-state index contributed by atoms with van der Waals surface area (Å²) in [6, 6.07) is 16.9. The van der Waals surface area contributed by atoms with Crippen LogP contribution in [0.2, 0.25) is 0 Å². The summed E-state index contributed by atoms with van der Waals surface area (Å²) in [5.41, 5.74) is 5.13. The van der Waals surface area contributed by atoms with Gasteiger partial charge in [0.25, 0.3) is 0 Å². The van der Waals surface area contributed by atoms with Crippen molar-refractivity contribution in [2.45, 2.75) is 33.1 Å². The smallest absolute Gasteiger partial charge is 0.224 e. The monoisotopic (exact) mass is 365 g/mol. The number of carbonyl (C=O) groups is 1. The van der Waals surface area contributed by atoms with Gasteiger partial charge in [-0.3, -0.25) is 4.79 Å². The number of nitrogens with zero attached hydrogens (tertiary/aromatic N) is 2. The van der Waals surface area contributed by atoms with E-state index in [1.165, 1.54) is 22.5 Å². The van der Waals surface area contributed by atoms with Crippen molar-refractivity contribution in [1.82, 2.24) is 4.90 Å². The molecule has 1 aliphatic rings. The minimum Gasteiger partial charge on any atom is -0.384 e. The molecule has 0 radical (unpaired) electrons. The molecule has 0 saturated carbocycles. The summed E-state index contributed by atoms with van der Waals surface area (Å²) in [7, 11) is 0. The van der Waals surface area contributed by atoms with Crippen molar-refractivity contribution in [3.05, 3.63) is 59.7 Å². The molecule has 1 amide bonds. The molecular weight excluding hydrogens is 334 g/mol. The van der Waals surface area contributed by atoms with E-state index < -0.39 is 0 Å². The number of hydrogen-bond acceptors (Lipinski definition) is 3. The highest BCUT2D eigenvalue weighted by Crippen LogP contribution is 2.22. The first-order valence-electron chi connectivity index (χ1n) is 10.1. The number of piperazine rings is 1. The first-order chi connectivity index (χ1) is 13.2. The van der Waals surface area contributed by atoms with Gasteiger partial charge in [0.1, 0.15) is 0 Å². The van der Waals surface area contributed by atoms with Crippen molar-refractivity contribution in [3.63, 3.8) is 0 Å². The second kappa shape index (κ2) is 9.45. The van der Waals surface area contributed by atoms with Gasteiger partial charge in [-0.2, -0.15) is 0 Å². The summed E-state index contributed by atoms with van der Waals surface area (Å²) in [6.07, 6.45) is 2.56. The fourth-order valence-corrected chi connectivity index (χ4v) is 3.78. The number of rotatable bonds is 7. The van der Waals surface area contributed by atoms with E-state index >= 15 is 0 Å². The molecule has 2 aromatic rings. The fraction of sp³-hybridized carbons (Fsp3) is 0.435. The Morgan fingerprint density at radius 2 is 1.52 bits per heavy atom. The third-order valence-corrected chi connectivity index (χ3v) is 5.39. The van der Waals surface area contributed by atoms with Crippen molar-refractivity contribution < 1.29 is 4.79 Å². The van der Waals surface area contributed by atoms with Crippen molar-refractivity contribution in [1.29, 1.82) is 0 Å². The van der Waals surface area contributed by atoms with E-state index in [0.717, 1.165) is 39.0 Å².